The minimum Gasteiger partial charge on any atom is -0.481 e. The number of carboxylic acids is 1. The number of rotatable bonds is 24. The molecule has 2 aromatic rings. The fourth-order valence-electron chi connectivity index (χ4n) is 5.27. The van der Waals surface area contributed by atoms with Gasteiger partial charge in [0.15, 0.2) is 22.8 Å². The van der Waals surface area contributed by atoms with Gasteiger partial charge >= 0.3 is 29.4 Å². The molecular weight excluding hydrogens is 875 g/mol. The lowest BCUT2D eigenvalue weighted by molar-refractivity contribution is -0.139. The molecule has 26 nitrogen and oxygen atoms in total. The van der Waals surface area contributed by atoms with Crippen LogP contribution in [0.1, 0.15) is 46.3 Å². The van der Waals surface area contributed by atoms with Crippen LogP contribution in [0.5, 0.6) is 0 Å². The Morgan fingerprint density at radius 2 is 1.71 bits per heavy atom. The molecule has 0 spiro atoms. The monoisotopic (exact) mass is 921 g/mol. The molecule has 2 amide bonds. The Bertz CT molecular complexity index is 1980. The number of hydrogen-bond acceptors (Lipinski definition) is 19. The number of nitrogens with one attached hydrogen (secondary N) is 2. The molecule has 2 aromatic heterocycles. The third-order valence-corrected chi connectivity index (χ3v) is 12.2. The van der Waals surface area contributed by atoms with Crippen molar-refractivity contribution in [2.45, 2.75) is 70.7 Å². The van der Waals surface area contributed by atoms with Crippen molar-refractivity contribution in [3.05, 3.63) is 24.8 Å². The second-order valence-corrected chi connectivity index (χ2v) is 19.0. The smallest absolute Gasteiger partial charge is 0.481 e. The summed E-state index contributed by atoms with van der Waals surface area (Å²) in [6, 6.07) is 0. The number of aliphatic hydroxyl groups excluding tert-OH is 2. The maximum atomic E-state index is 12.7. The SMILES string of the molecule is C=C(C)CC(CC(=O)O)C(=O)SCCNC(=O)CCNC(=O)[C@H](O)C(C)(C)COP(=O)(O)OP(=O)(O)OC[C@H]1O[C@@H](n2cnc3c(N)ncnc32)[C@H](O)[C@@H]1OP(=O)(O)O. The number of thioether (sulfide) groups is 1. The number of amides is 2. The number of nitrogens with zero attached hydrogens (tertiary/aromatic N) is 4. The highest BCUT2D eigenvalue weighted by molar-refractivity contribution is 8.13. The number of phosphoric acid groups is 3. The molecule has 0 saturated carbocycles. The van der Waals surface area contributed by atoms with E-state index in [1.807, 2.05) is 0 Å². The standard InChI is InChI=1S/C29H46N7O19P3S/c1-15(2)9-16(10-19(38)39)28(43)59-8-7-31-18(37)5-6-32-26(42)23(41)29(3,4)12-52-58(49,50)55-57(47,48)51-11-17-22(54-56(44,45)46)21(40)27(53-17)36-14-35-20-24(30)33-13-34-25(20)36/h13-14,16-17,21-23,27,40-41H,1,5-12H2,2-4H3,(H,31,37)(H,32,42)(H,38,39)(H,47,48)(H,49,50)(H2,30,33,34)(H2,44,45,46)/t16?,17-,21-,22-,23+,27-/m1/s1. The molecule has 0 radical (unpaired) electrons. The third kappa shape index (κ3) is 15.6. The fourth-order valence-corrected chi connectivity index (χ4v) is 8.91. The van der Waals surface area contributed by atoms with Gasteiger partial charge in [0, 0.05) is 36.6 Å². The van der Waals surface area contributed by atoms with Crippen molar-refractivity contribution >= 4 is 75.1 Å². The number of carbonyl (C=O) groups excluding carboxylic acids is 3. The Morgan fingerprint density at radius 3 is 2.34 bits per heavy atom. The molecule has 3 rings (SSSR count). The Labute approximate surface area is 339 Å². The first-order valence-corrected chi connectivity index (χ1v) is 22.6. The number of phosphoric ester groups is 3. The van der Waals surface area contributed by atoms with Crippen LogP contribution < -0.4 is 16.4 Å². The topological polar surface area (TPSA) is 401 Å². The van der Waals surface area contributed by atoms with Crippen LogP contribution in [-0.2, 0) is 55.5 Å². The van der Waals surface area contributed by atoms with Crippen molar-refractivity contribution in [2.75, 3.05) is 37.8 Å². The Hall–Kier alpha value is -3.23. The fraction of sp³-hybridized carbons (Fsp3) is 0.621. The quantitative estimate of drug-likeness (QED) is 0.0368. The van der Waals surface area contributed by atoms with Gasteiger partial charge in [0.05, 0.1) is 26.0 Å². The molecule has 1 saturated heterocycles. The molecule has 1 fully saturated rings. The van der Waals surface area contributed by atoms with E-state index in [1.165, 1.54) is 13.8 Å². The molecule has 1 aliphatic rings. The molecule has 59 heavy (non-hydrogen) atoms. The molecule has 30 heteroatoms. The van der Waals surface area contributed by atoms with E-state index in [9.17, 15) is 62.7 Å². The molecular formula is C29H46N7O19P3S. The maximum Gasteiger partial charge on any atom is 0.481 e. The minimum absolute atomic E-state index is 0.0181. The summed E-state index contributed by atoms with van der Waals surface area (Å²) in [5.41, 5.74) is 4.84. The summed E-state index contributed by atoms with van der Waals surface area (Å²) in [6.45, 7) is 5.53. The van der Waals surface area contributed by atoms with Crippen molar-refractivity contribution in [1.82, 2.24) is 30.2 Å². The van der Waals surface area contributed by atoms with E-state index < -0.39 is 96.4 Å². The summed E-state index contributed by atoms with van der Waals surface area (Å²) in [7, 11) is -16.5. The molecule has 1 aliphatic heterocycles. The normalized spacial score (nSPS) is 21.6. The number of imidazole rings is 1. The number of nitrogen functional groups attached to an aromatic ring is 1. The maximum absolute atomic E-state index is 12.7. The molecule has 3 unspecified atom stereocenters. The zero-order chi connectivity index (χ0) is 44.5. The van der Waals surface area contributed by atoms with Gasteiger partial charge in [-0.25, -0.2) is 28.6 Å². The summed E-state index contributed by atoms with van der Waals surface area (Å²) in [4.78, 5) is 99.1. The molecule has 11 N–H and O–H groups in total. The molecule has 0 aromatic carbocycles. The van der Waals surface area contributed by atoms with Gasteiger partial charge in [0.1, 0.15) is 36.3 Å². The number of nitrogens with two attached hydrogens (primary N) is 1. The number of ether oxygens (including phenoxy) is 1. The predicted octanol–water partition coefficient (Wildman–Crippen LogP) is -0.278. The Kier molecular flexibility index (Phi) is 17.9. The molecule has 8 atom stereocenters. The summed E-state index contributed by atoms with van der Waals surface area (Å²) >= 11 is 0.858. The van der Waals surface area contributed by atoms with E-state index in [4.69, 9.17) is 24.6 Å². The highest BCUT2D eigenvalue weighted by Gasteiger charge is 2.50. The number of aromatic nitrogens is 4. The van der Waals surface area contributed by atoms with Gasteiger partial charge in [-0.15, -0.1) is 6.58 Å². The number of aliphatic hydroxyl groups is 2. The van der Waals surface area contributed by atoms with Gasteiger partial charge < -0.3 is 56.0 Å². The van der Waals surface area contributed by atoms with Gasteiger partial charge in [-0.2, -0.15) is 4.31 Å². The molecule has 3 heterocycles. The van der Waals surface area contributed by atoms with Gasteiger partial charge in [-0.3, -0.25) is 37.3 Å². The Morgan fingerprint density at radius 1 is 1.05 bits per heavy atom. The number of aliphatic carboxylic acids is 1. The molecule has 0 bridgehead atoms. The average molecular weight is 922 g/mol. The van der Waals surface area contributed by atoms with Crippen LogP contribution in [-0.4, -0.2) is 134 Å². The van der Waals surface area contributed by atoms with Gasteiger partial charge in [-0.1, -0.05) is 31.2 Å². The highest BCUT2D eigenvalue weighted by atomic mass is 32.2. The van der Waals surface area contributed by atoms with E-state index in [-0.39, 0.29) is 60.2 Å². The zero-order valence-corrected chi connectivity index (χ0v) is 35.1. The first-order valence-electron chi connectivity index (χ1n) is 17.1. The lowest BCUT2D eigenvalue weighted by Crippen LogP contribution is -2.46. The first kappa shape index (κ1) is 50.1. The van der Waals surface area contributed by atoms with Crippen molar-refractivity contribution in [1.29, 1.82) is 0 Å². The lowest BCUT2D eigenvalue weighted by atomic mass is 9.87. The zero-order valence-electron chi connectivity index (χ0n) is 31.6. The van der Waals surface area contributed by atoms with Crippen LogP contribution in [0.15, 0.2) is 24.8 Å². The summed E-state index contributed by atoms with van der Waals surface area (Å²) < 4.78 is 62.1. The largest absolute Gasteiger partial charge is 0.481 e. The van der Waals surface area contributed by atoms with Gasteiger partial charge in [-0.05, 0) is 13.3 Å². The predicted molar refractivity (Wildman–Crippen MR) is 202 cm³/mol. The lowest BCUT2D eigenvalue weighted by Gasteiger charge is -2.30. The number of carboxylic acid groups (broad SMARTS) is 1. The van der Waals surface area contributed by atoms with Crippen molar-refractivity contribution in [3.63, 3.8) is 0 Å². The third-order valence-electron chi connectivity index (χ3n) is 8.10. The summed E-state index contributed by atoms with van der Waals surface area (Å²) in [5.74, 6) is -3.34. The first-order chi connectivity index (χ1) is 27.2. The number of anilines is 1. The van der Waals surface area contributed by atoms with Crippen LogP contribution in [0, 0.1) is 11.3 Å². The van der Waals surface area contributed by atoms with Crippen molar-refractivity contribution in [3.8, 4) is 0 Å². The van der Waals surface area contributed by atoms with Crippen molar-refractivity contribution < 1.29 is 90.4 Å². The second-order valence-electron chi connectivity index (χ2n) is 13.7. The van der Waals surface area contributed by atoms with E-state index in [0.29, 0.717) is 5.57 Å². The molecule has 332 valence electrons. The second kappa shape index (κ2) is 21.0. The summed E-state index contributed by atoms with van der Waals surface area (Å²) in [6.07, 6.45) is -7.28. The number of hydrogen-bond donors (Lipinski definition) is 10. The van der Waals surface area contributed by atoms with Gasteiger partial charge in [0.25, 0.3) is 0 Å². The average Bonchev–Trinajstić information content (AvgIpc) is 3.67. The van der Waals surface area contributed by atoms with Crippen LogP contribution in [0.25, 0.3) is 11.2 Å². The van der Waals surface area contributed by atoms with Crippen LogP contribution in [0.3, 0.4) is 0 Å². The van der Waals surface area contributed by atoms with E-state index in [2.05, 4.69) is 41.0 Å². The van der Waals surface area contributed by atoms with Crippen LogP contribution in [0.4, 0.5) is 5.82 Å². The van der Waals surface area contributed by atoms with Crippen LogP contribution >= 0.6 is 35.2 Å². The number of allylic oxidation sites excluding steroid dienone is 1. The Balaban J connectivity index is 1.47. The van der Waals surface area contributed by atoms with Crippen LogP contribution in [0.2, 0.25) is 0 Å². The summed E-state index contributed by atoms with van der Waals surface area (Å²) in [5, 5.41) is 35.0. The number of carbonyl (C=O) groups is 4. The van der Waals surface area contributed by atoms with Gasteiger partial charge in [0.2, 0.25) is 11.8 Å². The number of fused-ring (bicyclic) bond motifs is 1. The van der Waals surface area contributed by atoms with E-state index >= 15 is 0 Å². The molecule has 0 aliphatic carbocycles. The highest BCUT2D eigenvalue weighted by Crippen LogP contribution is 2.61. The van der Waals surface area contributed by atoms with E-state index in [1.54, 1.807) is 6.92 Å². The van der Waals surface area contributed by atoms with E-state index in [0.717, 1.165) is 29.0 Å². The minimum atomic E-state index is -5.60. The van der Waals surface area contributed by atoms with Crippen molar-refractivity contribution in [2.24, 2.45) is 11.3 Å².